The van der Waals surface area contributed by atoms with Crippen molar-refractivity contribution < 1.29 is 14.3 Å². The maximum absolute atomic E-state index is 12.3. The molecule has 2 aromatic heterocycles. The van der Waals surface area contributed by atoms with Gasteiger partial charge in [0.25, 0.3) is 11.8 Å². The van der Waals surface area contributed by atoms with Crippen LogP contribution in [0.2, 0.25) is 5.02 Å². The molecule has 9 heteroatoms. The third kappa shape index (κ3) is 3.91. The molecule has 1 aromatic carbocycles. The van der Waals surface area contributed by atoms with Gasteiger partial charge < -0.3 is 15.4 Å². The van der Waals surface area contributed by atoms with Crippen LogP contribution in [0.25, 0.3) is 11.0 Å². The van der Waals surface area contributed by atoms with Crippen LogP contribution >= 0.6 is 11.6 Å². The zero-order valence-electron chi connectivity index (χ0n) is 16.0. The number of aryl methyl sites for hydroxylation is 3. The number of carbonyl (C=O) groups excluding carboxylic acids is 2. The molecule has 0 aliphatic carbocycles. The molecule has 0 saturated carbocycles. The number of pyridine rings is 1. The zero-order valence-corrected chi connectivity index (χ0v) is 16.7. The van der Waals surface area contributed by atoms with Gasteiger partial charge in [-0.2, -0.15) is 0 Å². The number of aromatic nitrogens is 3. The molecule has 0 bridgehead atoms. The summed E-state index contributed by atoms with van der Waals surface area (Å²) in [5.41, 5.74) is 3.26. The van der Waals surface area contributed by atoms with Crippen LogP contribution in [0.4, 0.5) is 5.69 Å². The SMILES string of the molecule is CNC(=O)c1cc(NC(=O)COc2nn(C)c3nc(C)cc(C)c23)ccc1Cl. The average Bonchev–Trinajstić information content (AvgIpc) is 2.97. The standard InChI is InChI=1S/C19H20ClN5O3/c1-10-7-11(2)22-17-16(10)19(24-25(17)4)28-9-15(26)23-12-5-6-14(20)13(8-12)18(27)21-3/h5-8H,9H2,1-4H3,(H,21,27)(H,23,26). The number of anilines is 1. The van der Waals surface area contributed by atoms with Crippen LogP contribution in [0.5, 0.6) is 5.88 Å². The molecule has 0 saturated heterocycles. The second-order valence-electron chi connectivity index (χ2n) is 6.32. The van der Waals surface area contributed by atoms with Gasteiger partial charge in [-0.25, -0.2) is 9.67 Å². The molecule has 0 atom stereocenters. The lowest BCUT2D eigenvalue weighted by Gasteiger charge is -2.09. The number of nitrogens with zero attached hydrogens (tertiary/aromatic N) is 3. The molecular formula is C19H20ClN5O3. The minimum Gasteiger partial charge on any atom is -0.466 e. The van der Waals surface area contributed by atoms with Crippen molar-refractivity contribution in [2.45, 2.75) is 13.8 Å². The zero-order chi connectivity index (χ0) is 20.4. The molecule has 2 amide bonds. The highest BCUT2D eigenvalue weighted by atomic mass is 35.5. The van der Waals surface area contributed by atoms with Crippen LogP contribution in [-0.2, 0) is 11.8 Å². The molecule has 0 fully saturated rings. The molecule has 0 unspecified atom stereocenters. The van der Waals surface area contributed by atoms with E-state index in [-0.39, 0.29) is 24.0 Å². The van der Waals surface area contributed by atoms with Crippen molar-refractivity contribution in [2.75, 3.05) is 19.0 Å². The summed E-state index contributed by atoms with van der Waals surface area (Å²) in [5, 5.41) is 10.6. The highest BCUT2D eigenvalue weighted by molar-refractivity contribution is 6.34. The number of hydrogen-bond donors (Lipinski definition) is 2. The summed E-state index contributed by atoms with van der Waals surface area (Å²) < 4.78 is 7.25. The summed E-state index contributed by atoms with van der Waals surface area (Å²) in [6.07, 6.45) is 0. The third-order valence-corrected chi connectivity index (χ3v) is 4.48. The second-order valence-corrected chi connectivity index (χ2v) is 6.73. The lowest BCUT2D eigenvalue weighted by Crippen LogP contribution is -2.22. The molecule has 3 rings (SSSR count). The first-order valence-electron chi connectivity index (χ1n) is 8.55. The van der Waals surface area contributed by atoms with Crippen molar-refractivity contribution in [1.82, 2.24) is 20.1 Å². The monoisotopic (exact) mass is 401 g/mol. The van der Waals surface area contributed by atoms with E-state index in [2.05, 4.69) is 20.7 Å². The van der Waals surface area contributed by atoms with Gasteiger partial charge in [-0.1, -0.05) is 11.6 Å². The van der Waals surface area contributed by atoms with Crippen LogP contribution < -0.4 is 15.4 Å². The Hall–Kier alpha value is -3.13. The average molecular weight is 402 g/mol. The van der Waals surface area contributed by atoms with Gasteiger partial charge in [0.15, 0.2) is 12.3 Å². The number of nitrogens with one attached hydrogen (secondary N) is 2. The van der Waals surface area contributed by atoms with Crippen molar-refractivity contribution in [3.05, 3.63) is 46.1 Å². The van der Waals surface area contributed by atoms with Gasteiger partial charge in [0.05, 0.1) is 16.0 Å². The lowest BCUT2D eigenvalue weighted by molar-refractivity contribution is -0.118. The summed E-state index contributed by atoms with van der Waals surface area (Å²) in [7, 11) is 3.28. The molecule has 0 aliphatic rings. The van der Waals surface area contributed by atoms with Crippen LogP contribution in [0.1, 0.15) is 21.6 Å². The Labute approximate surface area is 166 Å². The van der Waals surface area contributed by atoms with Gasteiger partial charge in [0.1, 0.15) is 0 Å². The van der Waals surface area contributed by atoms with E-state index >= 15 is 0 Å². The number of ether oxygens (including phenoxy) is 1. The molecule has 2 N–H and O–H groups in total. The van der Waals surface area contributed by atoms with Gasteiger partial charge in [0.2, 0.25) is 5.88 Å². The Morgan fingerprint density at radius 3 is 2.71 bits per heavy atom. The topological polar surface area (TPSA) is 98.1 Å². The summed E-state index contributed by atoms with van der Waals surface area (Å²) in [4.78, 5) is 28.6. The molecule has 28 heavy (non-hydrogen) atoms. The number of rotatable bonds is 5. The fourth-order valence-corrected chi connectivity index (χ4v) is 3.10. The maximum Gasteiger partial charge on any atom is 0.262 e. The fraction of sp³-hybridized carbons (Fsp3) is 0.263. The molecule has 0 spiro atoms. The quantitative estimate of drug-likeness (QED) is 0.684. The van der Waals surface area contributed by atoms with Crippen molar-refractivity contribution in [1.29, 1.82) is 0 Å². The number of fused-ring (bicyclic) bond motifs is 1. The Morgan fingerprint density at radius 2 is 2.00 bits per heavy atom. The Morgan fingerprint density at radius 1 is 1.25 bits per heavy atom. The van der Waals surface area contributed by atoms with Gasteiger partial charge in [0, 0.05) is 25.5 Å². The lowest BCUT2D eigenvalue weighted by atomic mass is 10.2. The van der Waals surface area contributed by atoms with E-state index in [1.165, 1.54) is 13.1 Å². The molecule has 3 aromatic rings. The summed E-state index contributed by atoms with van der Waals surface area (Å²) in [6, 6.07) is 6.60. The van der Waals surface area contributed by atoms with E-state index in [9.17, 15) is 9.59 Å². The molecule has 0 aliphatic heterocycles. The van der Waals surface area contributed by atoms with Crippen LogP contribution in [-0.4, -0.2) is 40.2 Å². The van der Waals surface area contributed by atoms with E-state index in [1.54, 1.807) is 23.9 Å². The van der Waals surface area contributed by atoms with Crippen molar-refractivity contribution >= 4 is 40.1 Å². The number of amides is 2. The first-order valence-corrected chi connectivity index (χ1v) is 8.93. The minimum atomic E-state index is -0.387. The summed E-state index contributed by atoms with van der Waals surface area (Å²) >= 11 is 6.02. The van der Waals surface area contributed by atoms with Crippen molar-refractivity contribution in [2.24, 2.45) is 7.05 Å². The van der Waals surface area contributed by atoms with E-state index in [0.717, 1.165) is 16.6 Å². The first kappa shape index (κ1) is 19.6. The number of halogens is 1. The molecule has 2 heterocycles. The number of carbonyl (C=O) groups is 2. The Balaban J connectivity index is 1.74. The van der Waals surface area contributed by atoms with Crippen LogP contribution in [0, 0.1) is 13.8 Å². The summed E-state index contributed by atoms with van der Waals surface area (Å²) in [5.74, 6) is -0.378. The predicted molar refractivity (Wildman–Crippen MR) is 107 cm³/mol. The van der Waals surface area contributed by atoms with Crippen LogP contribution in [0.3, 0.4) is 0 Å². The number of benzene rings is 1. The minimum absolute atomic E-state index is 0.239. The van der Waals surface area contributed by atoms with Gasteiger partial charge in [-0.3, -0.25) is 9.59 Å². The highest BCUT2D eigenvalue weighted by Crippen LogP contribution is 2.27. The highest BCUT2D eigenvalue weighted by Gasteiger charge is 2.16. The number of hydrogen-bond acceptors (Lipinski definition) is 5. The third-order valence-electron chi connectivity index (χ3n) is 4.15. The largest absolute Gasteiger partial charge is 0.466 e. The van der Waals surface area contributed by atoms with Gasteiger partial charge >= 0.3 is 0 Å². The van der Waals surface area contributed by atoms with Gasteiger partial charge in [-0.05, 0) is 43.7 Å². The molecule has 146 valence electrons. The van der Waals surface area contributed by atoms with E-state index in [0.29, 0.717) is 22.2 Å². The Bertz CT molecular complexity index is 1080. The summed E-state index contributed by atoms with van der Waals surface area (Å²) in [6.45, 7) is 3.61. The van der Waals surface area contributed by atoms with E-state index in [1.807, 2.05) is 19.9 Å². The van der Waals surface area contributed by atoms with E-state index in [4.69, 9.17) is 16.3 Å². The van der Waals surface area contributed by atoms with Crippen molar-refractivity contribution in [3.63, 3.8) is 0 Å². The smallest absolute Gasteiger partial charge is 0.262 e. The normalized spacial score (nSPS) is 10.8. The maximum atomic E-state index is 12.3. The fourth-order valence-electron chi connectivity index (χ4n) is 2.89. The van der Waals surface area contributed by atoms with E-state index < -0.39 is 0 Å². The van der Waals surface area contributed by atoms with Gasteiger partial charge in [-0.15, -0.1) is 5.10 Å². The second kappa shape index (κ2) is 7.85. The van der Waals surface area contributed by atoms with Crippen LogP contribution in [0.15, 0.2) is 24.3 Å². The first-order chi connectivity index (χ1) is 13.3. The predicted octanol–water partition coefficient (Wildman–Crippen LogP) is 2.62. The molecule has 8 nitrogen and oxygen atoms in total. The molecule has 0 radical (unpaired) electrons. The molecular weight excluding hydrogens is 382 g/mol. The van der Waals surface area contributed by atoms with Crippen molar-refractivity contribution in [3.8, 4) is 5.88 Å². The Kier molecular flexibility index (Phi) is 5.51.